The Labute approximate surface area is 183 Å². The highest BCUT2D eigenvalue weighted by atomic mass is 16.3. The minimum Gasteiger partial charge on any atom is -0.508 e. The number of fused-ring (bicyclic) bond motifs is 2. The molecule has 160 valence electrons. The Morgan fingerprint density at radius 3 is 2.59 bits per heavy atom. The summed E-state index contributed by atoms with van der Waals surface area (Å²) in [7, 11) is 0. The fraction of sp³-hybridized carbons (Fsp3) is 0.167. The van der Waals surface area contributed by atoms with Gasteiger partial charge in [-0.25, -0.2) is 9.97 Å². The zero-order chi connectivity index (χ0) is 22.7. The number of pyridine rings is 1. The second-order valence-corrected chi connectivity index (χ2v) is 7.99. The van der Waals surface area contributed by atoms with E-state index in [0.29, 0.717) is 39.3 Å². The molecule has 1 aromatic carbocycles. The first-order chi connectivity index (χ1) is 15.3. The van der Waals surface area contributed by atoms with Crippen LogP contribution in [0, 0.1) is 27.7 Å². The Balaban J connectivity index is 1.85. The van der Waals surface area contributed by atoms with Crippen LogP contribution >= 0.6 is 0 Å². The van der Waals surface area contributed by atoms with E-state index in [9.17, 15) is 9.90 Å². The second-order valence-electron chi connectivity index (χ2n) is 7.99. The Morgan fingerprint density at radius 1 is 1.09 bits per heavy atom. The van der Waals surface area contributed by atoms with Crippen LogP contribution in [0.15, 0.2) is 36.5 Å². The predicted octanol–water partition coefficient (Wildman–Crippen LogP) is 4.05. The molecule has 32 heavy (non-hydrogen) atoms. The number of benzene rings is 1. The average molecular weight is 426 g/mol. The van der Waals surface area contributed by atoms with Crippen LogP contribution in [-0.2, 0) is 0 Å². The number of phenols is 1. The van der Waals surface area contributed by atoms with Crippen LogP contribution in [0.5, 0.6) is 5.75 Å². The summed E-state index contributed by atoms with van der Waals surface area (Å²) in [5, 5.41) is 10.4. The van der Waals surface area contributed by atoms with Crippen LogP contribution < -0.4 is 5.73 Å². The number of nitrogens with two attached hydrogens (primary N) is 1. The topological polar surface area (TPSA) is 123 Å². The number of aromatic nitrogens is 5. The monoisotopic (exact) mass is 426 g/mol. The number of nitrogen functional groups attached to an aromatic ring is 1. The quantitative estimate of drug-likeness (QED) is 0.374. The third kappa shape index (κ3) is 2.76. The Hall–Kier alpha value is -4.20. The van der Waals surface area contributed by atoms with Crippen LogP contribution in [0.2, 0.25) is 0 Å². The Bertz CT molecular complexity index is 1530. The number of nitrogens with zero attached hydrogens (tertiary/aromatic N) is 4. The number of hydrogen-bond donors (Lipinski definition) is 3. The molecule has 5 rings (SSSR count). The maximum absolute atomic E-state index is 13.7. The van der Waals surface area contributed by atoms with E-state index in [4.69, 9.17) is 10.7 Å². The molecule has 8 heteroatoms. The fourth-order valence-corrected chi connectivity index (χ4v) is 4.09. The van der Waals surface area contributed by atoms with E-state index in [2.05, 4.69) is 15.0 Å². The number of aryl methyl sites for hydroxylation is 3. The minimum atomic E-state index is -0.294. The number of rotatable bonds is 3. The molecule has 0 saturated carbocycles. The summed E-state index contributed by atoms with van der Waals surface area (Å²) in [5.74, 6) is 0.0638. The van der Waals surface area contributed by atoms with Gasteiger partial charge in [-0.1, -0.05) is 6.07 Å². The van der Waals surface area contributed by atoms with E-state index in [1.165, 1.54) is 0 Å². The maximum Gasteiger partial charge on any atom is 0.215 e. The minimum absolute atomic E-state index is 0.137. The molecule has 0 spiro atoms. The van der Waals surface area contributed by atoms with Gasteiger partial charge in [-0.05, 0) is 57.5 Å². The number of aromatic amines is 1. The highest BCUT2D eigenvalue weighted by Crippen LogP contribution is 2.36. The molecular formula is C24H22N6O2. The first-order valence-electron chi connectivity index (χ1n) is 10.2. The molecule has 4 heterocycles. The molecule has 0 aliphatic heterocycles. The van der Waals surface area contributed by atoms with Gasteiger partial charge in [-0.15, -0.1) is 0 Å². The molecule has 0 unspecified atom stereocenters. The summed E-state index contributed by atoms with van der Waals surface area (Å²) in [6, 6.07) is 8.82. The Morgan fingerprint density at radius 2 is 1.84 bits per heavy atom. The molecule has 0 saturated heterocycles. The zero-order valence-electron chi connectivity index (χ0n) is 18.2. The number of hydrogen-bond acceptors (Lipinski definition) is 6. The van der Waals surface area contributed by atoms with E-state index < -0.39 is 0 Å². The Kier molecular flexibility index (Phi) is 4.27. The molecule has 0 aliphatic carbocycles. The first kappa shape index (κ1) is 19.7. The van der Waals surface area contributed by atoms with Gasteiger partial charge >= 0.3 is 0 Å². The van der Waals surface area contributed by atoms with Gasteiger partial charge in [-0.2, -0.15) is 0 Å². The van der Waals surface area contributed by atoms with Gasteiger partial charge in [0.2, 0.25) is 5.78 Å². The van der Waals surface area contributed by atoms with Crippen molar-refractivity contribution in [2.24, 2.45) is 0 Å². The second kappa shape index (κ2) is 6.91. The van der Waals surface area contributed by atoms with Crippen LogP contribution in [0.25, 0.3) is 27.9 Å². The van der Waals surface area contributed by atoms with E-state index in [-0.39, 0.29) is 22.9 Å². The third-order valence-electron chi connectivity index (χ3n) is 5.92. The molecule has 0 amide bonds. The molecule has 0 fully saturated rings. The van der Waals surface area contributed by atoms with E-state index >= 15 is 0 Å². The van der Waals surface area contributed by atoms with Crippen molar-refractivity contribution >= 4 is 33.8 Å². The summed E-state index contributed by atoms with van der Waals surface area (Å²) < 4.78 is 1.72. The number of carbonyl (C=O) groups excluding carboxylic acids is 1. The molecule has 0 radical (unpaired) electrons. The highest BCUT2D eigenvalue weighted by molar-refractivity contribution is 6.19. The zero-order valence-corrected chi connectivity index (χ0v) is 18.2. The molecule has 8 nitrogen and oxygen atoms in total. The van der Waals surface area contributed by atoms with Gasteiger partial charge in [0, 0.05) is 11.8 Å². The van der Waals surface area contributed by atoms with Crippen molar-refractivity contribution < 1.29 is 9.90 Å². The van der Waals surface area contributed by atoms with Gasteiger partial charge in [0.05, 0.1) is 39.4 Å². The lowest BCUT2D eigenvalue weighted by molar-refractivity contribution is 0.103. The standard InChI is InChI=1S/C24H22N6O2/c1-11-7-8-18(31)12(2)21(11)30-23(25)19(20-24(30)28-14(4)13(3)27-20)22(32)17-10-16-15(29-17)6-5-9-26-16/h5-10,29,31H,25H2,1-4H3. The van der Waals surface area contributed by atoms with Crippen molar-refractivity contribution in [2.45, 2.75) is 27.7 Å². The number of nitrogens with one attached hydrogen (secondary N) is 1. The molecule has 5 aromatic rings. The summed E-state index contributed by atoms with van der Waals surface area (Å²) >= 11 is 0. The normalized spacial score (nSPS) is 11.5. The predicted molar refractivity (Wildman–Crippen MR) is 123 cm³/mol. The van der Waals surface area contributed by atoms with Crippen molar-refractivity contribution in [2.75, 3.05) is 5.73 Å². The largest absolute Gasteiger partial charge is 0.508 e. The van der Waals surface area contributed by atoms with Crippen molar-refractivity contribution in [1.29, 1.82) is 0 Å². The molecule has 4 N–H and O–H groups in total. The van der Waals surface area contributed by atoms with Gasteiger partial charge < -0.3 is 15.8 Å². The summed E-state index contributed by atoms with van der Waals surface area (Å²) in [6.45, 7) is 7.44. The van der Waals surface area contributed by atoms with Gasteiger partial charge in [-0.3, -0.25) is 14.3 Å². The van der Waals surface area contributed by atoms with E-state index in [0.717, 1.165) is 16.8 Å². The number of anilines is 1. The molecule has 0 bridgehead atoms. The van der Waals surface area contributed by atoms with Crippen molar-refractivity contribution in [3.63, 3.8) is 0 Å². The number of ketones is 1. The van der Waals surface area contributed by atoms with E-state index in [1.807, 2.05) is 39.8 Å². The van der Waals surface area contributed by atoms with Gasteiger partial charge in [0.15, 0.2) is 5.65 Å². The number of phenolic OH excluding ortho intramolecular Hbond substituents is 1. The fourth-order valence-electron chi connectivity index (χ4n) is 4.09. The summed E-state index contributed by atoms with van der Waals surface area (Å²) in [5.41, 5.74) is 13.3. The maximum atomic E-state index is 13.7. The molecule has 0 atom stereocenters. The number of aromatic hydroxyl groups is 1. The van der Waals surface area contributed by atoms with Crippen LogP contribution in [-0.4, -0.2) is 35.4 Å². The van der Waals surface area contributed by atoms with Crippen molar-refractivity contribution in [3.05, 3.63) is 70.3 Å². The van der Waals surface area contributed by atoms with Crippen LogP contribution in [0.4, 0.5) is 5.82 Å². The third-order valence-corrected chi connectivity index (χ3v) is 5.92. The molecule has 0 aliphatic rings. The van der Waals surface area contributed by atoms with E-state index in [1.54, 1.807) is 29.0 Å². The molecular weight excluding hydrogens is 404 g/mol. The number of H-pyrrole nitrogens is 1. The summed E-state index contributed by atoms with van der Waals surface area (Å²) in [4.78, 5) is 30.5. The van der Waals surface area contributed by atoms with Crippen molar-refractivity contribution in [3.8, 4) is 11.4 Å². The lowest BCUT2D eigenvalue weighted by atomic mass is 10.1. The van der Waals surface area contributed by atoms with Gasteiger partial charge in [0.1, 0.15) is 17.1 Å². The van der Waals surface area contributed by atoms with Crippen LogP contribution in [0.1, 0.15) is 38.6 Å². The average Bonchev–Trinajstić information content (AvgIpc) is 3.31. The smallest absolute Gasteiger partial charge is 0.215 e. The highest BCUT2D eigenvalue weighted by Gasteiger charge is 2.28. The number of carbonyl (C=O) groups is 1. The lowest BCUT2D eigenvalue weighted by Gasteiger charge is -2.15. The van der Waals surface area contributed by atoms with Crippen molar-refractivity contribution in [1.82, 2.24) is 24.5 Å². The van der Waals surface area contributed by atoms with Gasteiger partial charge in [0.25, 0.3) is 0 Å². The first-order valence-corrected chi connectivity index (χ1v) is 10.2. The lowest BCUT2D eigenvalue weighted by Crippen LogP contribution is -2.09. The van der Waals surface area contributed by atoms with Crippen LogP contribution in [0.3, 0.4) is 0 Å². The molecule has 4 aromatic heterocycles. The SMILES string of the molecule is Cc1ccc(O)c(C)c1-n1c(N)c(C(=O)c2cc3ncccc3[nH]2)c2nc(C)c(C)nc21. The summed E-state index contributed by atoms with van der Waals surface area (Å²) in [6.07, 6.45) is 1.68.